The van der Waals surface area contributed by atoms with E-state index in [0.29, 0.717) is 23.6 Å². The van der Waals surface area contributed by atoms with Gasteiger partial charge in [0.1, 0.15) is 6.04 Å². The van der Waals surface area contributed by atoms with Crippen LogP contribution in [0.4, 0.5) is 5.69 Å². The number of anilines is 1. The van der Waals surface area contributed by atoms with Crippen LogP contribution in [0.5, 0.6) is 0 Å². The molecule has 1 N–H and O–H groups in total. The zero-order valence-electron chi connectivity index (χ0n) is 22.8. The smallest absolute Gasteiger partial charge is 0.243 e. The summed E-state index contributed by atoms with van der Waals surface area (Å²) in [5.41, 5.74) is 3.51. The SMILES string of the molecule is CCC(C)NC(=O)C(CC)N(Cc1ccc(Cl)cc1)C(=O)CCCN(c1ccc(C)c(C)c1)S(C)(=O)=O. The maximum absolute atomic E-state index is 13.5. The molecule has 0 fully saturated rings. The topological polar surface area (TPSA) is 86.8 Å². The molecule has 2 amide bonds. The lowest BCUT2D eigenvalue weighted by molar-refractivity contribution is -0.141. The van der Waals surface area contributed by atoms with Crippen LogP contribution in [-0.4, -0.2) is 50.0 Å². The summed E-state index contributed by atoms with van der Waals surface area (Å²) >= 11 is 6.03. The Morgan fingerprint density at radius 2 is 1.65 bits per heavy atom. The molecule has 37 heavy (non-hydrogen) atoms. The van der Waals surface area contributed by atoms with Gasteiger partial charge in [-0.2, -0.15) is 0 Å². The van der Waals surface area contributed by atoms with E-state index in [1.54, 1.807) is 23.1 Å². The number of amides is 2. The van der Waals surface area contributed by atoms with Gasteiger partial charge < -0.3 is 10.2 Å². The fourth-order valence-electron chi connectivity index (χ4n) is 4.03. The number of nitrogens with zero attached hydrogens (tertiary/aromatic N) is 2. The summed E-state index contributed by atoms with van der Waals surface area (Å²) in [6, 6.07) is 12.1. The van der Waals surface area contributed by atoms with Gasteiger partial charge in [0.05, 0.1) is 11.9 Å². The van der Waals surface area contributed by atoms with Crippen LogP contribution in [0, 0.1) is 13.8 Å². The Morgan fingerprint density at radius 1 is 1.00 bits per heavy atom. The second kappa shape index (κ2) is 13.8. The molecule has 0 heterocycles. The maximum atomic E-state index is 13.5. The summed E-state index contributed by atoms with van der Waals surface area (Å²) in [5.74, 6) is -0.387. The number of halogens is 1. The van der Waals surface area contributed by atoms with Crippen molar-refractivity contribution in [3.05, 3.63) is 64.2 Å². The molecular formula is C28H40ClN3O4S. The summed E-state index contributed by atoms with van der Waals surface area (Å²) in [4.78, 5) is 28.2. The van der Waals surface area contributed by atoms with Gasteiger partial charge in [-0.25, -0.2) is 8.42 Å². The van der Waals surface area contributed by atoms with Crippen LogP contribution in [0.25, 0.3) is 0 Å². The average molecular weight is 550 g/mol. The molecule has 2 aromatic carbocycles. The van der Waals surface area contributed by atoms with Gasteiger partial charge in [0, 0.05) is 30.6 Å². The zero-order chi connectivity index (χ0) is 27.8. The van der Waals surface area contributed by atoms with E-state index in [2.05, 4.69) is 5.32 Å². The Balaban J connectivity index is 2.23. The molecule has 0 aliphatic carbocycles. The van der Waals surface area contributed by atoms with E-state index in [1.165, 1.54) is 10.6 Å². The van der Waals surface area contributed by atoms with Crippen LogP contribution in [0.15, 0.2) is 42.5 Å². The number of rotatable bonds is 13. The van der Waals surface area contributed by atoms with E-state index in [4.69, 9.17) is 11.6 Å². The number of nitrogens with one attached hydrogen (secondary N) is 1. The number of hydrogen-bond donors (Lipinski definition) is 1. The van der Waals surface area contributed by atoms with Crippen molar-refractivity contribution in [1.82, 2.24) is 10.2 Å². The Kier molecular flexibility index (Phi) is 11.4. The van der Waals surface area contributed by atoms with E-state index in [9.17, 15) is 18.0 Å². The molecular weight excluding hydrogens is 510 g/mol. The Labute approximate surface area is 227 Å². The van der Waals surface area contributed by atoms with Gasteiger partial charge in [0.2, 0.25) is 21.8 Å². The first-order chi connectivity index (χ1) is 17.4. The van der Waals surface area contributed by atoms with Gasteiger partial charge >= 0.3 is 0 Å². The van der Waals surface area contributed by atoms with E-state index in [-0.39, 0.29) is 37.4 Å². The highest BCUT2D eigenvalue weighted by atomic mass is 35.5. The number of sulfonamides is 1. The lowest BCUT2D eigenvalue weighted by atomic mass is 10.1. The molecule has 0 aliphatic rings. The van der Waals surface area contributed by atoms with Gasteiger partial charge in [-0.1, -0.05) is 43.6 Å². The minimum Gasteiger partial charge on any atom is -0.352 e. The van der Waals surface area contributed by atoms with Gasteiger partial charge in [-0.15, -0.1) is 0 Å². The Morgan fingerprint density at radius 3 is 2.19 bits per heavy atom. The second-order valence-electron chi connectivity index (χ2n) is 9.60. The van der Waals surface area contributed by atoms with E-state index < -0.39 is 16.1 Å². The number of aryl methyl sites for hydroxylation is 2. The molecule has 2 aromatic rings. The molecule has 2 atom stereocenters. The summed E-state index contributed by atoms with van der Waals surface area (Å²) < 4.78 is 26.4. The van der Waals surface area contributed by atoms with Crippen molar-refractivity contribution in [3.63, 3.8) is 0 Å². The van der Waals surface area contributed by atoms with Gasteiger partial charge in [-0.3, -0.25) is 13.9 Å². The van der Waals surface area contributed by atoms with Crippen molar-refractivity contribution in [2.75, 3.05) is 17.1 Å². The molecule has 0 saturated heterocycles. The molecule has 0 bridgehead atoms. The van der Waals surface area contributed by atoms with Crippen LogP contribution in [-0.2, 0) is 26.2 Å². The number of carbonyl (C=O) groups excluding carboxylic acids is 2. The van der Waals surface area contributed by atoms with Crippen molar-refractivity contribution in [3.8, 4) is 0 Å². The molecule has 0 radical (unpaired) electrons. The van der Waals surface area contributed by atoms with Crippen LogP contribution in [0.1, 0.15) is 63.1 Å². The first-order valence-electron chi connectivity index (χ1n) is 12.8. The van der Waals surface area contributed by atoms with Crippen molar-refractivity contribution >= 4 is 39.1 Å². The number of benzene rings is 2. The lowest BCUT2D eigenvalue weighted by Gasteiger charge is -2.32. The monoisotopic (exact) mass is 549 g/mol. The fraction of sp³-hybridized carbons (Fsp3) is 0.500. The van der Waals surface area contributed by atoms with Gasteiger partial charge in [-0.05, 0) is 81.0 Å². The highest BCUT2D eigenvalue weighted by Crippen LogP contribution is 2.23. The summed E-state index contributed by atoms with van der Waals surface area (Å²) in [5, 5.41) is 3.59. The van der Waals surface area contributed by atoms with Crippen molar-refractivity contribution in [2.24, 2.45) is 0 Å². The van der Waals surface area contributed by atoms with Gasteiger partial charge in [0.25, 0.3) is 0 Å². The lowest BCUT2D eigenvalue weighted by Crippen LogP contribution is -2.50. The second-order valence-corrected chi connectivity index (χ2v) is 11.9. The first kappa shape index (κ1) is 30.6. The van der Waals surface area contributed by atoms with E-state index in [1.807, 2.05) is 58.9 Å². The van der Waals surface area contributed by atoms with Crippen molar-refractivity contribution in [2.45, 2.75) is 78.9 Å². The summed E-state index contributed by atoms with van der Waals surface area (Å²) in [6.07, 6.45) is 2.84. The first-order valence-corrected chi connectivity index (χ1v) is 15.0. The van der Waals surface area contributed by atoms with Gasteiger partial charge in [0.15, 0.2) is 0 Å². The van der Waals surface area contributed by atoms with Crippen LogP contribution < -0.4 is 9.62 Å². The molecule has 7 nitrogen and oxygen atoms in total. The van der Waals surface area contributed by atoms with Crippen molar-refractivity contribution < 1.29 is 18.0 Å². The maximum Gasteiger partial charge on any atom is 0.243 e. The number of hydrogen-bond acceptors (Lipinski definition) is 4. The predicted octanol–water partition coefficient (Wildman–Crippen LogP) is 5.23. The molecule has 0 saturated carbocycles. The fourth-order valence-corrected chi connectivity index (χ4v) is 5.11. The third kappa shape index (κ3) is 9.04. The average Bonchev–Trinajstić information content (AvgIpc) is 2.83. The minimum atomic E-state index is -3.54. The predicted molar refractivity (Wildman–Crippen MR) is 151 cm³/mol. The summed E-state index contributed by atoms with van der Waals surface area (Å²) in [7, 11) is -3.54. The number of carbonyl (C=O) groups is 2. The zero-order valence-corrected chi connectivity index (χ0v) is 24.3. The highest BCUT2D eigenvalue weighted by molar-refractivity contribution is 7.92. The van der Waals surface area contributed by atoms with Crippen molar-refractivity contribution in [1.29, 1.82) is 0 Å². The molecule has 0 aromatic heterocycles. The summed E-state index contributed by atoms with van der Waals surface area (Å²) in [6.45, 7) is 10.1. The molecule has 2 unspecified atom stereocenters. The van der Waals surface area contributed by atoms with Crippen LogP contribution in [0.2, 0.25) is 5.02 Å². The standard InChI is InChI=1S/C28H40ClN3O4S/c1-7-22(5)30-28(34)26(8-2)31(19-23-12-14-24(29)15-13-23)27(33)10-9-17-32(37(6,35)36)25-16-11-20(3)21(4)18-25/h11-16,18,22,26H,7-10,17,19H2,1-6H3,(H,30,34). The highest BCUT2D eigenvalue weighted by Gasteiger charge is 2.29. The molecule has 0 aliphatic heterocycles. The van der Waals surface area contributed by atoms with Crippen LogP contribution >= 0.6 is 11.6 Å². The third-order valence-electron chi connectivity index (χ3n) is 6.58. The molecule has 204 valence electrons. The molecule has 9 heteroatoms. The van der Waals surface area contributed by atoms with Crippen LogP contribution in [0.3, 0.4) is 0 Å². The Bertz CT molecular complexity index is 1170. The quantitative estimate of drug-likeness (QED) is 0.371. The Hall–Kier alpha value is -2.58. The minimum absolute atomic E-state index is 0.00433. The van der Waals surface area contributed by atoms with E-state index in [0.717, 1.165) is 23.1 Å². The normalized spacial score (nSPS) is 13.1. The molecule has 0 spiro atoms. The molecule has 2 rings (SSSR count). The van der Waals surface area contributed by atoms with E-state index >= 15 is 0 Å². The third-order valence-corrected chi connectivity index (χ3v) is 8.03. The largest absolute Gasteiger partial charge is 0.352 e.